The third-order valence-corrected chi connectivity index (χ3v) is 26.9. The summed E-state index contributed by atoms with van der Waals surface area (Å²) in [6.45, 7) is 0. The summed E-state index contributed by atoms with van der Waals surface area (Å²) >= 11 is 22.5. The molecule has 3 aliphatic heterocycles. The summed E-state index contributed by atoms with van der Waals surface area (Å²) in [4.78, 5) is 16.4. The maximum Gasteiger partial charge on any atom is 0.0644 e. The molecule has 0 fully saturated rings. The van der Waals surface area contributed by atoms with E-state index >= 15 is 0 Å². The van der Waals surface area contributed by atoms with Gasteiger partial charge in [0.05, 0.1) is 17.1 Å². The van der Waals surface area contributed by atoms with Gasteiger partial charge >= 0.3 is 0 Å². The van der Waals surface area contributed by atoms with E-state index in [4.69, 9.17) is 35.4 Å². The zero-order valence-corrected chi connectivity index (χ0v) is 37.5. The van der Waals surface area contributed by atoms with Gasteiger partial charge in [0.15, 0.2) is 0 Å². The van der Waals surface area contributed by atoms with Crippen LogP contribution in [0.15, 0.2) is 201 Å². The molecule has 0 spiro atoms. The predicted molar refractivity (Wildman–Crippen MR) is 270 cm³/mol. The largest absolute Gasteiger partial charge is 0.306 e. The van der Waals surface area contributed by atoms with E-state index in [0.717, 1.165) is 98.2 Å². The van der Waals surface area contributed by atoms with E-state index in [0.29, 0.717) is 0 Å². The van der Waals surface area contributed by atoms with E-state index in [1.54, 1.807) is 0 Å². The van der Waals surface area contributed by atoms with Crippen molar-refractivity contribution in [2.24, 2.45) is 0 Å². The molecule has 4 nitrogen and oxygen atoms in total. The Morgan fingerprint density at radius 2 is 0.574 bits per heavy atom. The van der Waals surface area contributed by atoms with Gasteiger partial charge in [-0.05, 0) is 87.2 Å². The van der Waals surface area contributed by atoms with Crippen LogP contribution in [0.2, 0.25) is 0 Å². The Hall–Kier alpha value is -5.48. The second kappa shape index (κ2) is 14.0. The van der Waals surface area contributed by atoms with Gasteiger partial charge in [-0.3, -0.25) is 15.0 Å². The van der Waals surface area contributed by atoms with Gasteiger partial charge in [-0.2, -0.15) is 0 Å². The molecule has 0 unspecified atom stereocenters. The highest BCUT2D eigenvalue weighted by molar-refractivity contribution is 8.28. The highest BCUT2D eigenvalue weighted by Crippen LogP contribution is 2.66. The first kappa shape index (κ1) is 37.3. The molecule has 0 aliphatic carbocycles. The molecule has 6 aromatic carbocycles. The van der Waals surface area contributed by atoms with Gasteiger partial charge in [-0.25, -0.2) is 0 Å². The fourth-order valence-corrected chi connectivity index (χ4v) is 22.6. The zero-order chi connectivity index (χ0) is 40.9. The molecule has 0 amide bonds. The van der Waals surface area contributed by atoms with E-state index in [2.05, 4.69) is 165 Å². The van der Waals surface area contributed by atoms with E-state index in [9.17, 15) is 0 Å². The first-order valence-corrected chi connectivity index (χ1v) is 28.4. The summed E-state index contributed by atoms with van der Waals surface area (Å²) in [7, 11) is 0. The summed E-state index contributed by atoms with van der Waals surface area (Å²) in [6, 6.07) is 50.4. The number of benzene rings is 6. The minimum atomic E-state index is -2.86. The normalized spacial score (nSPS) is 20.2. The van der Waals surface area contributed by atoms with E-state index in [1.807, 2.05) is 55.4 Å². The van der Waals surface area contributed by atoms with Crippen LogP contribution in [0.5, 0.6) is 0 Å². The lowest BCUT2D eigenvalue weighted by atomic mass is 10.0. The average molecular weight is 891 g/mol. The molecule has 3 aliphatic rings. The number of rotatable bonds is 6. The Morgan fingerprint density at radius 1 is 0.311 bits per heavy atom. The standard InChI is InChI=1S/C51H33N4P3S3/c59-56(40-16-4-1-5-17-40)43-25-37(34-13-10-22-52-31-34)27-45-49(43)55-50-44(56)26-38(35-14-11-23-53-32-35)28-46(50)58(61,42-20-8-3-9-21-42)48-30-39(36-15-12-24-54-33-36)29-47(51(48)55)57(45,60)41-18-6-2-7-19-41/h1-33H. The summed E-state index contributed by atoms with van der Waals surface area (Å²) in [5.41, 5.74) is 9.60. The Kier molecular flexibility index (Phi) is 8.58. The SMILES string of the molecule is S=P1(c2ccccc2)c2cc(-c3cccnc3)cc3c2N2c4c1cc(-c1cccnc1)cc4P(=S)(c1ccccc1)c1cc(-c4cccnc4)cc(c12)P3(=S)c1ccccc1. The minimum absolute atomic E-state index is 1.02. The molecule has 0 bridgehead atoms. The molecular weight excluding hydrogens is 858 g/mol. The van der Waals surface area contributed by atoms with Crippen LogP contribution in [0.25, 0.3) is 33.4 Å². The van der Waals surface area contributed by atoms with Gasteiger partial charge in [-0.1, -0.05) is 145 Å². The fourth-order valence-electron chi connectivity index (χ4n) is 9.51. The monoisotopic (exact) mass is 890 g/mol. The maximum atomic E-state index is 7.48. The van der Waals surface area contributed by atoms with Gasteiger partial charge in [0.2, 0.25) is 0 Å². The molecule has 9 aromatic rings. The molecule has 12 rings (SSSR count). The first-order chi connectivity index (χ1) is 29.9. The molecule has 10 heteroatoms. The molecular formula is C51H33N4P3S3. The van der Waals surface area contributed by atoms with Gasteiger partial charge in [-0.15, -0.1) is 0 Å². The first-order valence-electron chi connectivity index (χ1n) is 20.0. The smallest absolute Gasteiger partial charge is 0.0644 e. The molecule has 0 saturated carbocycles. The zero-order valence-electron chi connectivity index (χ0n) is 32.4. The lowest BCUT2D eigenvalue weighted by molar-refractivity contribution is 1.31. The summed E-state index contributed by atoms with van der Waals surface area (Å²) in [5.74, 6) is 0. The van der Waals surface area contributed by atoms with E-state index < -0.39 is 18.1 Å². The third-order valence-electron chi connectivity index (χ3n) is 12.3. The third kappa shape index (κ3) is 5.30. The van der Waals surface area contributed by atoms with Crippen LogP contribution >= 0.6 is 18.1 Å². The lowest BCUT2D eigenvalue weighted by Gasteiger charge is -2.52. The van der Waals surface area contributed by atoms with Crippen LogP contribution in [0.4, 0.5) is 17.1 Å². The van der Waals surface area contributed by atoms with Gasteiger partial charge < -0.3 is 4.90 Å². The van der Waals surface area contributed by atoms with Crippen molar-refractivity contribution in [3.05, 3.63) is 201 Å². The summed E-state index contributed by atoms with van der Waals surface area (Å²) < 4.78 is 0. The van der Waals surface area contributed by atoms with Crippen molar-refractivity contribution >= 4 is 118 Å². The number of nitrogens with zero attached hydrogens (tertiary/aromatic N) is 4. The summed E-state index contributed by atoms with van der Waals surface area (Å²) in [5, 5.41) is 10.2. The number of anilines is 3. The van der Waals surface area contributed by atoms with Crippen molar-refractivity contribution in [3.63, 3.8) is 0 Å². The van der Waals surface area contributed by atoms with Crippen molar-refractivity contribution < 1.29 is 0 Å². The molecule has 290 valence electrons. The number of aromatic nitrogens is 3. The summed E-state index contributed by atoms with van der Waals surface area (Å²) in [6.07, 6.45) is 11.3. The highest BCUT2D eigenvalue weighted by atomic mass is 32.4. The molecule has 3 aromatic heterocycles. The Labute approximate surface area is 370 Å². The fraction of sp³-hybridized carbons (Fsp3) is 0. The van der Waals surface area contributed by atoms with Crippen molar-refractivity contribution in [1.29, 1.82) is 0 Å². The topological polar surface area (TPSA) is 41.9 Å². The average Bonchev–Trinajstić information content (AvgIpc) is 3.34. The van der Waals surface area contributed by atoms with Gasteiger partial charge in [0, 0.05) is 104 Å². The molecule has 0 saturated heterocycles. The quantitative estimate of drug-likeness (QED) is 0.155. The lowest BCUT2D eigenvalue weighted by Crippen LogP contribution is -2.52. The number of hydrogen-bond acceptors (Lipinski definition) is 7. The van der Waals surface area contributed by atoms with Crippen LogP contribution in [0.1, 0.15) is 0 Å². The van der Waals surface area contributed by atoms with Crippen molar-refractivity contribution in [3.8, 4) is 33.4 Å². The van der Waals surface area contributed by atoms with E-state index in [-0.39, 0.29) is 0 Å². The minimum Gasteiger partial charge on any atom is -0.306 e. The van der Waals surface area contributed by atoms with Crippen molar-refractivity contribution in [1.82, 2.24) is 15.0 Å². The predicted octanol–water partition coefficient (Wildman–Crippen LogP) is 8.55. The second-order valence-corrected chi connectivity index (χ2v) is 28.5. The molecule has 6 heterocycles. The number of hydrogen-bond donors (Lipinski definition) is 0. The van der Waals surface area contributed by atoms with Crippen LogP contribution in [-0.2, 0) is 35.4 Å². The molecule has 0 atom stereocenters. The van der Waals surface area contributed by atoms with Crippen LogP contribution in [0.3, 0.4) is 0 Å². The number of pyridine rings is 3. The van der Waals surface area contributed by atoms with Crippen LogP contribution in [-0.4, -0.2) is 15.0 Å². The molecule has 0 N–H and O–H groups in total. The second-order valence-electron chi connectivity index (χ2n) is 15.5. The van der Waals surface area contributed by atoms with Crippen LogP contribution in [0, 0.1) is 0 Å². The van der Waals surface area contributed by atoms with Crippen LogP contribution < -0.4 is 52.6 Å². The van der Waals surface area contributed by atoms with Gasteiger partial charge in [0.25, 0.3) is 0 Å². The molecule has 61 heavy (non-hydrogen) atoms. The molecule has 0 radical (unpaired) electrons. The van der Waals surface area contributed by atoms with Gasteiger partial charge in [0.1, 0.15) is 0 Å². The Balaban J connectivity index is 1.34. The Bertz CT molecular complexity index is 2940. The Morgan fingerprint density at radius 3 is 0.803 bits per heavy atom. The highest BCUT2D eigenvalue weighted by Gasteiger charge is 2.53. The maximum absolute atomic E-state index is 7.48. The van der Waals surface area contributed by atoms with E-state index in [1.165, 1.54) is 0 Å². The van der Waals surface area contributed by atoms with Crippen molar-refractivity contribution in [2.45, 2.75) is 0 Å². The van der Waals surface area contributed by atoms with Crippen molar-refractivity contribution in [2.75, 3.05) is 4.90 Å².